The highest BCUT2D eigenvalue weighted by Gasteiger charge is 2.39. The van der Waals surface area contributed by atoms with Crippen LogP contribution in [0.25, 0.3) is 0 Å². The number of halogens is 1. The Kier molecular flexibility index (Phi) is 7.01. The summed E-state index contributed by atoms with van der Waals surface area (Å²) in [5, 5.41) is 17.1. The van der Waals surface area contributed by atoms with Gasteiger partial charge in [-0.25, -0.2) is 14.8 Å². The van der Waals surface area contributed by atoms with Crippen molar-refractivity contribution in [2.45, 2.75) is 18.3 Å². The fourth-order valence-electron chi connectivity index (χ4n) is 4.79. The minimum atomic E-state index is -0.476. The molecule has 4 aromatic rings. The zero-order valence-corrected chi connectivity index (χ0v) is 21.2. The average molecular weight is 526 g/mol. The zero-order valence-electron chi connectivity index (χ0n) is 21.2. The molecular weight excluding hydrogens is 497 g/mol. The van der Waals surface area contributed by atoms with E-state index in [-0.39, 0.29) is 11.8 Å². The first-order valence-corrected chi connectivity index (χ1v) is 12.9. The van der Waals surface area contributed by atoms with Crippen LogP contribution in [0.2, 0.25) is 0 Å². The van der Waals surface area contributed by atoms with E-state index in [0.717, 1.165) is 24.0 Å². The molecule has 10 heteroatoms. The number of rotatable bonds is 8. The molecule has 1 aliphatic carbocycles. The van der Waals surface area contributed by atoms with Crippen LogP contribution >= 0.6 is 0 Å². The first kappa shape index (κ1) is 24.7. The molecule has 1 aliphatic heterocycles. The van der Waals surface area contributed by atoms with Crippen LogP contribution in [0.15, 0.2) is 78.2 Å². The Morgan fingerprint density at radius 2 is 1.77 bits per heavy atom. The molecule has 3 heterocycles. The standard InChI is InChI=1S/C29H28FN7O2/c30-27-18-32-29(35-28(27)37-10-12-39-13-11-37)36-33-17-22-6-7-23(16-31-22)34-21-3-1-2-20(14-21)26-15-25(26)19-4-8-24(38)9-5-19/h1-9,14,16-18,25-26,34,38H,10-13,15H2,(H,32,35,36)/b33-17+. The van der Waals surface area contributed by atoms with Crippen LogP contribution in [0, 0.1) is 5.82 Å². The molecule has 2 fully saturated rings. The molecule has 2 aromatic heterocycles. The van der Waals surface area contributed by atoms with Crippen molar-refractivity contribution in [1.82, 2.24) is 15.0 Å². The number of pyridine rings is 1. The van der Waals surface area contributed by atoms with Crippen molar-refractivity contribution >= 4 is 29.4 Å². The van der Waals surface area contributed by atoms with E-state index in [1.807, 2.05) is 35.2 Å². The molecule has 198 valence electrons. The van der Waals surface area contributed by atoms with Gasteiger partial charge in [0.2, 0.25) is 5.95 Å². The Morgan fingerprint density at radius 1 is 0.949 bits per heavy atom. The van der Waals surface area contributed by atoms with Gasteiger partial charge in [0.15, 0.2) is 11.6 Å². The molecule has 3 N–H and O–H groups in total. The number of nitrogens with one attached hydrogen (secondary N) is 2. The summed E-state index contributed by atoms with van der Waals surface area (Å²) in [6, 6.07) is 19.7. The molecule has 0 radical (unpaired) electrons. The van der Waals surface area contributed by atoms with Crippen molar-refractivity contribution in [2.24, 2.45) is 5.10 Å². The van der Waals surface area contributed by atoms with E-state index >= 15 is 0 Å². The second-order valence-corrected chi connectivity index (χ2v) is 9.60. The minimum Gasteiger partial charge on any atom is -0.508 e. The molecule has 1 saturated heterocycles. The van der Waals surface area contributed by atoms with Crippen LogP contribution in [-0.2, 0) is 4.74 Å². The van der Waals surface area contributed by atoms with Crippen LogP contribution in [0.1, 0.15) is 35.1 Å². The maximum atomic E-state index is 14.2. The van der Waals surface area contributed by atoms with E-state index in [4.69, 9.17) is 4.74 Å². The third-order valence-corrected chi connectivity index (χ3v) is 6.90. The van der Waals surface area contributed by atoms with E-state index in [1.165, 1.54) is 11.1 Å². The smallest absolute Gasteiger partial charge is 0.245 e. The third-order valence-electron chi connectivity index (χ3n) is 6.90. The Hall–Kier alpha value is -4.57. The van der Waals surface area contributed by atoms with E-state index in [2.05, 4.69) is 49.0 Å². The number of hydrazone groups is 1. The van der Waals surface area contributed by atoms with Gasteiger partial charge in [-0.05, 0) is 65.8 Å². The van der Waals surface area contributed by atoms with E-state index < -0.39 is 5.82 Å². The lowest BCUT2D eigenvalue weighted by molar-refractivity contribution is 0.122. The summed E-state index contributed by atoms with van der Waals surface area (Å²) in [7, 11) is 0. The van der Waals surface area contributed by atoms with Crippen LogP contribution < -0.4 is 15.6 Å². The second kappa shape index (κ2) is 11.0. The van der Waals surface area contributed by atoms with Crippen LogP contribution in [0.4, 0.5) is 27.5 Å². The highest BCUT2D eigenvalue weighted by molar-refractivity contribution is 5.78. The Bertz CT molecular complexity index is 1460. The Labute approximate surface area is 225 Å². The lowest BCUT2D eigenvalue weighted by atomic mass is 10.0. The van der Waals surface area contributed by atoms with Gasteiger partial charge in [0.1, 0.15) is 5.75 Å². The van der Waals surface area contributed by atoms with Gasteiger partial charge in [-0.2, -0.15) is 10.1 Å². The summed E-state index contributed by atoms with van der Waals surface area (Å²) < 4.78 is 19.5. The predicted molar refractivity (Wildman–Crippen MR) is 148 cm³/mol. The number of aromatic hydroxyl groups is 1. The molecule has 2 atom stereocenters. The molecule has 1 saturated carbocycles. The third kappa shape index (κ3) is 5.96. The molecule has 2 unspecified atom stereocenters. The highest BCUT2D eigenvalue weighted by Crippen LogP contribution is 2.55. The van der Waals surface area contributed by atoms with Crippen molar-refractivity contribution in [3.63, 3.8) is 0 Å². The van der Waals surface area contributed by atoms with Crippen molar-refractivity contribution in [1.29, 1.82) is 0 Å². The van der Waals surface area contributed by atoms with Crippen LogP contribution in [0.5, 0.6) is 5.75 Å². The lowest BCUT2D eigenvalue weighted by Gasteiger charge is -2.27. The lowest BCUT2D eigenvalue weighted by Crippen LogP contribution is -2.37. The second-order valence-electron chi connectivity index (χ2n) is 9.60. The number of morpholine rings is 1. The maximum absolute atomic E-state index is 14.2. The summed E-state index contributed by atoms with van der Waals surface area (Å²) in [6.45, 7) is 2.22. The topological polar surface area (TPSA) is 108 Å². The quantitative estimate of drug-likeness (QED) is 0.218. The zero-order chi connectivity index (χ0) is 26.6. The van der Waals surface area contributed by atoms with Gasteiger partial charge in [0, 0.05) is 18.8 Å². The average Bonchev–Trinajstić information content (AvgIpc) is 3.77. The van der Waals surface area contributed by atoms with Crippen molar-refractivity contribution in [3.8, 4) is 5.75 Å². The summed E-state index contributed by atoms with van der Waals surface area (Å²) in [6.07, 6.45) is 5.55. The SMILES string of the molecule is Oc1ccc(C2CC2c2cccc(Nc3ccc(/C=N/Nc4ncc(F)c(N5CCOCC5)n4)nc3)c2)cc1. The molecule has 0 bridgehead atoms. The number of hydrogen-bond acceptors (Lipinski definition) is 9. The van der Waals surface area contributed by atoms with Crippen LogP contribution in [-0.4, -0.2) is 52.6 Å². The molecule has 6 rings (SSSR count). The predicted octanol–water partition coefficient (Wildman–Crippen LogP) is 5.01. The number of benzene rings is 2. The maximum Gasteiger partial charge on any atom is 0.245 e. The van der Waals surface area contributed by atoms with Crippen LogP contribution in [0.3, 0.4) is 0 Å². The molecule has 0 spiro atoms. The molecular formula is C29H28FN7O2. The van der Waals surface area contributed by atoms with E-state index in [9.17, 15) is 9.50 Å². The van der Waals surface area contributed by atoms with Gasteiger partial charge in [0.05, 0.1) is 43.2 Å². The summed E-state index contributed by atoms with van der Waals surface area (Å²) >= 11 is 0. The minimum absolute atomic E-state index is 0.204. The molecule has 39 heavy (non-hydrogen) atoms. The fourth-order valence-corrected chi connectivity index (χ4v) is 4.79. The number of phenols is 1. The van der Waals surface area contributed by atoms with Crippen molar-refractivity contribution < 1.29 is 14.2 Å². The van der Waals surface area contributed by atoms with Gasteiger partial charge in [-0.1, -0.05) is 24.3 Å². The van der Waals surface area contributed by atoms with E-state index in [0.29, 0.717) is 49.6 Å². The first-order chi connectivity index (χ1) is 19.1. The molecule has 9 nitrogen and oxygen atoms in total. The molecule has 2 aliphatic rings. The van der Waals surface area contributed by atoms with Gasteiger partial charge >= 0.3 is 0 Å². The van der Waals surface area contributed by atoms with Gasteiger partial charge in [-0.3, -0.25) is 4.98 Å². The van der Waals surface area contributed by atoms with E-state index in [1.54, 1.807) is 24.5 Å². The summed E-state index contributed by atoms with van der Waals surface area (Å²) in [5.41, 5.74) is 7.81. The van der Waals surface area contributed by atoms with Gasteiger partial charge < -0.3 is 20.1 Å². The molecule has 0 amide bonds. The first-order valence-electron chi connectivity index (χ1n) is 12.9. The number of nitrogens with zero attached hydrogens (tertiary/aromatic N) is 5. The van der Waals surface area contributed by atoms with Gasteiger partial charge in [0.25, 0.3) is 0 Å². The Morgan fingerprint density at radius 3 is 2.56 bits per heavy atom. The monoisotopic (exact) mass is 525 g/mol. The Balaban J connectivity index is 1.05. The number of hydrogen-bond donors (Lipinski definition) is 3. The number of aromatic nitrogens is 3. The molecule has 2 aromatic carbocycles. The van der Waals surface area contributed by atoms with Crippen molar-refractivity contribution in [2.75, 3.05) is 41.9 Å². The summed E-state index contributed by atoms with van der Waals surface area (Å²) in [5.74, 6) is 1.23. The number of ether oxygens (including phenoxy) is 1. The number of phenolic OH excluding ortho intramolecular Hbond substituents is 1. The van der Waals surface area contributed by atoms with Crippen molar-refractivity contribution in [3.05, 3.63) is 95.7 Å². The summed E-state index contributed by atoms with van der Waals surface area (Å²) in [4.78, 5) is 14.5. The number of anilines is 4. The fraction of sp³-hybridized carbons (Fsp3) is 0.241. The van der Waals surface area contributed by atoms with Gasteiger partial charge in [-0.15, -0.1) is 0 Å². The normalized spacial score (nSPS) is 18.7. The highest BCUT2D eigenvalue weighted by atomic mass is 19.1. The largest absolute Gasteiger partial charge is 0.508 e.